The molecule has 1 N–H and O–H groups in total. The fourth-order valence-electron chi connectivity index (χ4n) is 2.81. The maximum atomic E-state index is 5.38. The lowest BCUT2D eigenvalue weighted by Gasteiger charge is -2.26. The highest BCUT2D eigenvalue weighted by atomic mass is 16.5. The summed E-state index contributed by atoms with van der Waals surface area (Å²) in [5.74, 6) is 0. The molecule has 1 aromatic heterocycles. The van der Waals surface area contributed by atoms with E-state index in [9.17, 15) is 0 Å². The lowest BCUT2D eigenvalue weighted by molar-refractivity contribution is 0.0364. The highest BCUT2D eigenvalue weighted by molar-refractivity contribution is 5.15. The van der Waals surface area contributed by atoms with Crippen LogP contribution in [0.1, 0.15) is 38.3 Å². The van der Waals surface area contributed by atoms with Crippen LogP contribution < -0.4 is 5.32 Å². The fraction of sp³-hybridized carbons (Fsp3) is 0.750. The Morgan fingerprint density at radius 2 is 2.05 bits per heavy atom. The maximum absolute atomic E-state index is 5.38. The van der Waals surface area contributed by atoms with Gasteiger partial charge in [-0.3, -0.25) is 4.90 Å². The summed E-state index contributed by atoms with van der Waals surface area (Å²) in [6.45, 7) is 11.6. The van der Waals surface area contributed by atoms with Crippen LogP contribution in [0.25, 0.3) is 0 Å². The van der Waals surface area contributed by atoms with Crippen molar-refractivity contribution in [3.8, 4) is 0 Å². The Kier molecular flexibility index (Phi) is 6.57. The van der Waals surface area contributed by atoms with Gasteiger partial charge in [-0.15, -0.1) is 0 Å². The number of rotatable bonds is 8. The molecule has 1 aliphatic rings. The van der Waals surface area contributed by atoms with Gasteiger partial charge in [0, 0.05) is 44.6 Å². The van der Waals surface area contributed by atoms with Crippen LogP contribution in [0, 0.1) is 0 Å². The minimum Gasteiger partial charge on any atom is -0.379 e. The van der Waals surface area contributed by atoms with Crippen LogP contribution in [-0.2, 0) is 11.3 Å². The summed E-state index contributed by atoms with van der Waals surface area (Å²) in [4.78, 5) is 2.48. The third-order valence-corrected chi connectivity index (χ3v) is 3.98. The van der Waals surface area contributed by atoms with E-state index in [2.05, 4.69) is 47.1 Å². The Labute approximate surface area is 123 Å². The average Bonchev–Trinajstić information content (AvgIpc) is 2.95. The molecule has 0 radical (unpaired) electrons. The summed E-state index contributed by atoms with van der Waals surface area (Å²) in [6, 6.07) is 2.78. The summed E-state index contributed by atoms with van der Waals surface area (Å²) in [7, 11) is 0. The lowest BCUT2D eigenvalue weighted by Crippen LogP contribution is -2.38. The molecule has 0 aliphatic carbocycles. The Morgan fingerprint density at radius 1 is 1.25 bits per heavy atom. The maximum Gasteiger partial charge on any atom is 0.0594 e. The number of ether oxygens (including phenoxy) is 1. The van der Waals surface area contributed by atoms with Gasteiger partial charge in [-0.05, 0) is 24.6 Å². The number of hydrogen-bond acceptors (Lipinski definition) is 3. The third kappa shape index (κ3) is 4.62. The van der Waals surface area contributed by atoms with Crippen molar-refractivity contribution in [1.29, 1.82) is 0 Å². The van der Waals surface area contributed by atoms with E-state index in [4.69, 9.17) is 4.74 Å². The highest BCUT2D eigenvalue weighted by Gasteiger charge is 2.12. The van der Waals surface area contributed by atoms with E-state index in [0.29, 0.717) is 6.04 Å². The zero-order valence-corrected chi connectivity index (χ0v) is 13.0. The van der Waals surface area contributed by atoms with Gasteiger partial charge >= 0.3 is 0 Å². The topological polar surface area (TPSA) is 29.4 Å². The van der Waals surface area contributed by atoms with E-state index < -0.39 is 0 Å². The molecule has 1 unspecified atom stereocenters. The first kappa shape index (κ1) is 15.5. The van der Waals surface area contributed by atoms with Crippen LogP contribution >= 0.6 is 0 Å². The quantitative estimate of drug-likeness (QED) is 0.791. The van der Waals surface area contributed by atoms with Crippen LogP contribution in [0.5, 0.6) is 0 Å². The molecule has 1 aromatic rings. The first-order valence-corrected chi connectivity index (χ1v) is 8.02. The second-order valence-corrected chi connectivity index (χ2v) is 5.54. The van der Waals surface area contributed by atoms with Crippen molar-refractivity contribution < 1.29 is 4.74 Å². The minimum absolute atomic E-state index is 0.509. The molecule has 0 spiro atoms. The van der Waals surface area contributed by atoms with Gasteiger partial charge in [0.2, 0.25) is 0 Å². The Morgan fingerprint density at radius 3 is 2.75 bits per heavy atom. The van der Waals surface area contributed by atoms with Gasteiger partial charge in [0.25, 0.3) is 0 Å². The lowest BCUT2D eigenvalue weighted by atomic mass is 10.1. The third-order valence-electron chi connectivity index (χ3n) is 3.98. The van der Waals surface area contributed by atoms with Crippen LogP contribution in [0.15, 0.2) is 18.5 Å². The van der Waals surface area contributed by atoms with E-state index in [-0.39, 0.29) is 0 Å². The van der Waals surface area contributed by atoms with E-state index in [0.717, 1.165) is 45.9 Å². The van der Waals surface area contributed by atoms with Crippen LogP contribution in [0.4, 0.5) is 0 Å². The van der Waals surface area contributed by atoms with Crippen molar-refractivity contribution in [2.75, 3.05) is 39.4 Å². The van der Waals surface area contributed by atoms with Crippen molar-refractivity contribution in [2.24, 2.45) is 0 Å². The van der Waals surface area contributed by atoms with Crippen molar-refractivity contribution in [1.82, 2.24) is 14.8 Å². The predicted octanol–water partition coefficient (Wildman–Crippen LogP) is 2.27. The first-order chi connectivity index (χ1) is 9.83. The van der Waals surface area contributed by atoms with Crippen molar-refractivity contribution in [2.45, 2.75) is 39.3 Å². The molecule has 1 fully saturated rings. The Bertz CT molecular complexity index is 366. The first-order valence-electron chi connectivity index (χ1n) is 8.02. The van der Waals surface area contributed by atoms with Gasteiger partial charge < -0.3 is 14.6 Å². The molecule has 114 valence electrons. The molecular weight excluding hydrogens is 250 g/mol. The Balaban J connectivity index is 1.83. The average molecular weight is 279 g/mol. The van der Waals surface area contributed by atoms with E-state index in [1.165, 1.54) is 18.4 Å². The molecule has 1 atom stereocenters. The van der Waals surface area contributed by atoms with Crippen molar-refractivity contribution in [3.63, 3.8) is 0 Å². The summed E-state index contributed by atoms with van der Waals surface area (Å²) in [5, 5.41) is 3.58. The van der Waals surface area contributed by atoms with Crippen LogP contribution in [0.3, 0.4) is 0 Å². The van der Waals surface area contributed by atoms with Gasteiger partial charge in [-0.2, -0.15) is 0 Å². The second-order valence-electron chi connectivity index (χ2n) is 5.54. The summed E-state index contributed by atoms with van der Waals surface area (Å²) in [6.07, 6.45) is 6.96. The van der Waals surface area contributed by atoms with Crippen molar-refractivity contribution >= 4 is 0 Å². The summed E-state index contributed by atoms with van der Waals surface area (Å²) >= 11 is 0. The molecule has 2 heterocycles. The fourth-order valence-corrected chi connectivity index (χ4v) is 2.81. The van der Waals surface area contributed by atoms with Crippen LogP contribution in [-0.4, -0.2) is 48.9 Å². The number of nitrogens with one attached hydrogen (secondary N) is 1. The molecule has 1 aliphatic heterocycles. The molecule has 20 heavy (non-hydrogen) atoms. The zero-order valence-electron chi connectivity index (χ0n) is 13.0. The highest BCUT2D eigenvalue weighted by Crippen LogP contribution is 2.18. The molecule has 0 amide bonds. The molecule has 0 aromatic carbocycles. The molecule has 1 saturated heterocycles. The molecule has 0 bridgehead atoms. The van der Waals surface area contributed by atoms with Gasteiger partial charge in [0.05, 0.1) is 13.2 Å². The minimum atomic E-state index is 0.509. The van der Waals surface area contributed by atoms with E-state index in [1.54, 1.807) is 0 Å². The molecule has 4 nitrogen and oxygen atoms in total. The Hall–Kier alpha value is -0.840. The normalized spacial score (nSPS) is 18.3. The predicted molar refractivity (Wildman–Crippen MR) is 83.0 cm³/mol. The van der Waals surface area contributed by atoms with Gasteiger partial charge in [-0.1, -0.05) is 20.3 Å². The summed E-state index contributed by atoms with van der Waals surface area (Å²) < 4.78 is 7.71. The molecule has 2 rings (SSSR count). The largest absolute Gasteiger partial charge is 0.379 e. The monoisotopic (exact) mass is 279 g/mol. The number of morpholine rings is 1. The summed E-state index contributed by atoms with van der Waals surface area (Å²) in [5.41, 5.74) is 1.43. The number of hydrogen-bond donors (Lipinski definition) is 1. The molecular formula is C16H29N3O. The second kappa shape index (κ2) is 8.45. The van der Waals surface area contributed by atoms with E-state index in [1.807, 2.05) is 0 Å². The number of aromatic nitrogens is 1. The smallest absolute Gasteiger partial charge is 0.0594 e. The zero-order chi connectivity index (χ0) is 14.2. The SMILES string of the molecule is CCCC(NCC)c1ccn(CCN2CCOCC2)c1. The van der Waals surface area contributed by atoms with E-state index >= 15 is 0 Å². The van der Waals surface area contributed by atoms with Gasteiger partial charge in [-0.25, -0.2) is 0 Å². The standard InChI is InChI=1S/C16H29N3O/c1-3-5-16(17-4-2)15-6-7-19(14-15)9-8-18-10-12-20-13-11-18/h6-7,14,16-17H,3-5,8-13H2,1-2H3. The van der Waals surface area contributed by atoms with Crippen LogP contribution in [0.2, 0.25) is 0 Å². The van der Waals surface area contributed by atoms with Gasteiger partial charge in [0.15, 0.2) is 0 Å². The van der Waals surface area contributed by atoms with Gasteiger partial charge in [0.1, 0.15) is 0 Å². The molecule has 4 heteroatoms. The molecule has 0 saturated carbocycles. The number of nitrogens with zero attached hydrogens (tertiary/aromatic N) is 2. The van der Waals surface area contributed by atoms with Crippen molar-refractivity contribution in [3.05, 3.63) is 24.0 Å².